The van der Waals surface area contributed by atoms with Gasteiger partial charge < -0.3 is 15.0 Å². The molecule has 2 heterocycles. The smallest absolute Gasteiger partial charge is 0.267 e. The summed E-state index contributed by atoms with van der Waals surface area (Å²) in [6, 6.07) is 7.63. The highest BCUT2D eigenvalue weighted by Crippen LogP contribution is 2.21. The normalized spacial score (nSPS) is 14.8. The van der Waals surface area contributed by atoms with E-state index >= 15 is 0 Å². The first-order chi connectivity index (χ1) is 13.0. The number of nitrogens with zero attached hydrogens (tertiary/aromatic N) is 3. The van der Waals surface area contributed by atoms with Crippen molar-refractivity contribution >= 4 is 23.3 Å². The van der Waals surface area contributed by atoms with Crippen LogP contribution >= 0.6 is 11.5 Å². The first-order valence-electron chi connectivity index (χ1n) is 9.08. The molecule has 1 aromatic carbocycles. The fraction of sp³-hybridized carbons (Fsp3) is 0.474. The Hall–Kier alpha value is -2.48. The van der Waals surface area contributed by atoms with Crippen LogP contribution in [0.15, 0.2) is 24.3 Å². The highest BCUT2D eigenvalue weighted by atomic mass is 32.1. The van der Waals surface area contributed by atoms with Crippen LogP contribution in [-0.4, -0.2) is 52.5 Å². The third-order valence-corrected chi connectivity index (χ3v) is 5.60. The van der Waals surface area contributed by atoms with Gasteiger partial charge in [0.2, 0.25) is 0 Å². The minimum atomic E-state index is -0.122. The Morgan fingerprint density at radius 2 is 2.00 bits per heavy atom. The molecule has 0 saturated carbocycles. The maximum absolute atomic E-state index is 12.5. The maximum atomic E-state index is 12.5. The molecule has 1 fully saturated rings. The summed E-state index contributed by atoms with van der Waals surface area (Å²) in [6.45, 7) is 5.76. The molecule has 0 bridgehead atoms. The van der Waals surface area contributed by atoms with Gasteiger partial charge in [0.15, 0.2) is 6.61 Å². The Bertz CT molecular complexity index is 800. The van der Waals surface area contributed by atoms with Gasteiger partial charge in [0, 0.05) is 19.6 Å². The van der Waals surface area contributed by atoms with Crippen molar-refractivity contribution in [3.63, 3.8) is 0 Å². The van der Waals surface area contributed by atoms with Crippen molar-refractivity contribution in [2.75, 3.05) is 26.2 Å². The number of hydrogen-bond donors (Lipinski definition) is 1. The fourth-order valence-electron chi connectivity index (χ4n) is 3.08. The average Bonchev–Trinajstić information content (AvgIpc) is 3.11. The van der Waals surface area contributed by atoms with E-state index in [2.05, 4.69) is 14.9 Å². The second-order valence-corrected chi connectivity index (χ2v) is 7.54. The first-order valence-corrected chi connectivity index (χ1v) is 9.85. The second kappa shape index (κ2) is 8.94. The van der Waals surface area contributed by atoms with Crippen LogP contribution in [-0.2, 0) is 4.79 Å². The predicted molar refractivity (Wildman–Crippen MR) is 103 cm³/mol. The summed E-state index contributed by atoms with van der Waals surface area (Å²) in [7, 11) is 0. The zero-order valence-electron chi connectivity index (χ0n) is 15.6. The summed E-state index contributed by atoms with van der Waals surface area (Å²) in [5.41, 5.74) is 1.70. The van der Waals surface area contributed by atoms with E-state index in [9.17, 15) is 9.59 Å². The number of carbonyl (C=O) groups is 2. The van der Waals surface area contributed by atoms with Crippen LogP contribution in [0, 0.1) is 19.8 Å². The number of likely N-dealkylation sites (tertiary alicyclic amines) is 1. The van der Waals surface area contributed by atoms with E-state index < -0.39 is 0 Å². The molecule has 0 radical (unpaired) electrons. The summed E-state index contributed by atoms with van der Waals surface area (Å²) in [4.78, 5) is 27.0. The third kappa shape index (κ3) is 5.03. The van der Waals surface area contributed by atoms with Gasteiger partial charge in [0.1, 0.15) is 10.6 Å². The number of ether oxygens (including phenoxy) is 1. The molecule has 144 valence electrons. The van der Waals surface area contributed by atoms with E-state index in [4.69, 9.17) is 4.74 Å². The summed E-state index contributed by atoms with van der Waals surface area (Å²) >= 11 is 1.15. The Labute approximate surface area is 162 Å². The average molecular weight is 388 g/mol. The molecule has 7 nitrogen and oxygen atoms in total. The molecule has 1 N–H and O–H groups in total. The van der Waals surface area contributed by atoms with Gasteiger partial charge in [-0.3, -0.25) is 9.59 Å². The Morgan fingerprint density at radius 1 is 1.26 bits per heavy atom. The topological polar surface area (TPSA) is 84.4 Å². The first kappa shape index (κ1) is 19.3. The Kier molecular flexibility index (Phi) is 6.39. The molecule has 1 aliphatic heterocycles. The molecular weight excluding hydrogens is 364 g/mol. The van der Waals surface area contributed by atoms with Gasteiger partial charge in [0.25, 0.3) is 11.8 Å². The molecule has 1 aliphatic rings. The number of piperidine rings is 1. The fourth-order valence-corrected chi connectivity index (χ4v) is 3.71. The number of carbonyl (C=O) groups excluding carboxylic acids is 2. The van der Waals surface area contributed by atoms with Crippen molar-refractivity contribution in [3.05, 3.63) is 40.4 Å². The summed E-state index contributed by atoms with van der Waals surface area (Å²) < 4.78 is 9.39. The summed E-state index contributed by atoms with van der Waals surface area (Å²) in [5, 5.41) is 6.84. The minimum Gasteiger partial charge on any atom is -0.484 e. The summed E-state index contributed by atoms with van der Waals surface area (Å²) in [6.07, 6.45) is 1.74. The molecule has 0 atom stereocenters. The van der Waals surface area contributed by atoms with Crippen LogP contribution in [0.5, 0.6) is 5.75 Å². The molecule has 2 aromatic rings. The van der Waals surface area contributed by atoms with E-state index in [1.54, 1.807) is 6.92 Å². The second-order valence-electron chi connectivity index (χ2n) is 6.78. The van der Waals surface area contributed by atoms with Crippen LogP contribution in [0.1, 0.15) is 33.8 Å². The SMILES string of the molecule is Cc1ccccc1OCC(=O)NCC1CCN(C(=O)c2snnc2C)CC1. The molecule has 1 aromatic heterocycles. The Balaban J connectivity index is 1.38. The van der Waals surface area contributed by atoms with Gasteiger partial charge in [0.05, 0.1) is 5.69 Å². The van der Waals surface area contributed by atoms with Gasteiger partial charge in [-0.25, -0.2) is 0 Å². The van der Waals surface area contributed by atoms with E-state index in [1.807, 2.05) is 36.1 Å². The third-order valence-electron chi connectivity index (χ3n) is 4.79. The monoisotopic (exact) mass is 388 g/mol. The lowest BCUT2D eigenvalue weighted by atomic mass is 9.96. The van der Waals surface area contributed by atoms with Gasteiger partial charge in [-0.15, -0.1) is 5.10 Å². The van der Waals surface area contributed by atoms with Crippen LogP contribution in [0.25, 0.3) is 0 Å². The lowest BCUT2D eigenvalue weighted by Gasteiger charge is -2.31. The molecule has 0 spiro atoms. The molecule has 1 saturated heterocycles. The highest BCUT2D eigenvalue weighted by Gasteiger charge is 2.26. The molecule has 0 aliphatic carbocycles. The van der Waals surface area contributed by atoms with E-state index in [0.717, 1.165) is 35.7 Å². The highest BCUT2D eigenvalue weighted by molar-refractivity contribution is 7.07. The van der Waals surface area contributed by atoms with Crippen molar-refractivity contribution in [3.8, 4) is 5.75 Å². The van der Waals surface area contributed by atoms with E-state index in [-0.39, 0.29) is 18.4 Å². The van der Waals surface area contributed by atoms with Gasteiger partial charge in [-0.1, -0.05) is 22.7 Å². The largest absolute Gasteiger partial charge is 0.484 e. The molecule has 0 unspecified atom stereocenters. The zero-order chi connectivity index (χ0) is 19.2. The van der Waals surface area contributed by atoms with Crippen LogP contribution in [0.3, 0.4) is 0 Å². The molecule has 8 heteroatoms. The molecular formula is C19H24N4O3S. The lowest BCUT2D eigenvalue weighted by Crippen LogP contribution is -2.42. The number of aromatic nitrogens is 2. The predicted octanol–water partition coefficient (Wildman–Crippen LogP) is 2.20. The number of rotatable bonds is 6. The molecule has 27 heavy (non-hydrogen) atoms. The lowest BCUT2D eigenvalue weighted by molar-refractivity contribution is -0.123. The summed E-state index contributed by atoms with van der Waals surface area (Å²) in [5.74, 6) is 0.990. The van der Waals surface area contributed by atoms with Crippen LogP contribution in [0.2, 0.25) is 0 Å². The van der Waals surface area contributed by atoms with E-state index in [1.165, 1.54) is 0 Å². The van der Waals surface area contributed by atoms with Gasteiger partial charge >= 0.3 is 0 Å². The number of benzene rings is 1. The van der Waals surface area contributed by atoms with E-state index in [0.29, 0.717) is 36.1 Å². The number of aryl methyl sites for hydroxylation is 2. The van der Waals surface area contributed by atoms with Gasteiger partial charge in [-0.05, 0) is 55.8 Å². The number of hydrogen-bond acceptors (Lipinski definition) is 6. The Morgan fingerprint density at radius 3 is 2.67 bits per heavy atom. The zero-order valence-corrected chi connectivity index (χ0v) is 16.4. The van der Waals surface area contributed by atoms with Crippen LogP contribution in [0.4, 0.5) is 0 Å². The van der Waals surface area contributed by atoms with Gasteiger partial charge in [-0.2, -0.15) is 0 Å². The van der Waals surface area contributed by atoms with Crippen molar-refractivity contribution < 1.29 is 14.3 Å². The minimum absolute atomic E-state index is 0.0108. The maximum Gasteiger partial charge on any atom is 0.267 e. The number of nitrogens with one attached hydrogen (secondary N) is 1. The molecule has 3 rings (SSSR count). The standard InChI is InChI=1S/C19H24N4O3S/c1-13-5-3-4-6-16(13)26-12-17(24)20-11-15-7-9-23(10-8-15)19(25)18-14(2)21-22-27-18/h3-6,15H,7-12H2,1-2H3,(H,20,24). The van der Waals surface area contributed by atoms with Crippen molar-refractivity contribution in [2.45, 2.75) is 26.7 Å². The van der Waals surface area contributed by atoms with Crippen molar-refractivity contribution in [2.24, 2.45) is 5.92 Å². The van der Waals surface area contributed by atoms with Crippen molar-refractivity contribution in [1.29, 1.82) is 0 Å². The number of para-hydroxylation sites is 1. The number of amides is 2. The quantitative estimate of drug-likeness (QED) is 0.820. The van der Waals surface area contributed by atoms with Crippen molar-refractivity contribution in [1.82, 2.24) is 19.8 Å². The molecule has 2 amide bonds. The van der Waals surface area contributed by atoms with Crippen LogP contribution < -0.4 is 10.1 Å².